The van der Waals surface area contributed by atoms with E-state index in [9.17, 15) is 0 Å². The van der Waals surface area contributed by atoms with Crippen molar-refractivity contribution in [2.45, 2.75) is 6.92 Å². The molecule has 2 N–H and O–H groups in total. The standard InChI is InChI=1S/C11H12N6/c1-7-10(6-16(2)15-7)17-9-3-4-13-5-8(9)14-11(17)12/h3-6H,1-2H3,(H2,12,14). The summed E-state index contributed by atoms with van der Waals surface area (Å²) in [5.74, 6) is 0.448. The Morgan fingerprint density at radius 1 is 1.35 bits per heavy atom. The third-order valence-electron chi connectivity index (χ3n) is 2.71. The summed E-state index contributed by atoms with van der Waals surface area (Å²) >= 11 is 0. The number of hydrogen-bond acceptors (Lipinski definition) is 4. The highest BCUT2D eigenvalue weighted by Crippen LogP contribution is 2.23. The third kappa shape index (κ3) is 1.37. The molecule has 86 valence electrons. The van der Waals surface area contributed by atoms with Crippen LogP contribution in [-0.4, -0.2) is 24.3 Å². The fourth-order valence-corrected chi connectivity index (χ4v) is 2.01. The van der Waals surface area contributed by atoms with Gasteiger partial charge in [-0.05, 0) is 13.0 Å². The van der Waals surface area contributed by atoms with Crippen LogP contribution < -0.4 is 5.73 Å². The van der Waals surface area contributed by atoms with Crippen molar-refractivity contribution in [2.75, 3.05) is 5.73 Å². The van der Waals surface area contributed by atoms with Crippen LogP contribution in [0.25, 0.3) is 16.7 Å². The van der Waals surface area contributed by atoms with Gasteiger partial charge in [-0.25, -0.2) is 4.98 Å². The monoisotopic (exact) mass is 228 g/mol. The average molecular weight is 228 g/mol. The molecule has 0 amide bonds. The first-order chi connectivity index (χ1) is 8.16. The van der Waals surface area contributed by atoms with E-state index in [1.54, 1.807) is 17.1 Å². The smallest absolute Gasteiger partial charge is 0.206 e. The number of fused-ring (bicyclic) bond motifs is 1. The van der Waals surface area contributed by atoms with Crippen molar-refractivity contribution in [2.24, 2.45) is 7.05 Å². The van der Waals surface area contributed by atoms with Crippen molar-refractivity contribution in [3.05, 3.63) is 30.4 Å². The minimum absolute atomic E-state index is 0.448. The summed E-state index contributed by atoms with van der Waals surface area (Å²) in [4.78, 5) is 8.32. The van der Waals surface area contributed by atoms with E-state index in [0.29, 0.717) is 5.95 Å². The van der Waals surface area contributed by atoms with Gasteiger partial charge in [-0.2, -0.15) is 5.10 Å². The van der Waals surface area contributed by atoms with Gasteiger partial charge in [-0.15, -0.1) is 0 Å². The van der Waals surface area contributed by atoms with Crippen LogP contribution >= 0.6 is 0 Å². The Labute approximate surface area is 97.7 Å². The quantitative estimate of drug-likeness (QED) is 0.675. The maximum atomic E-state index is 5.95. The molecule has 0 saturated heterocycles. The number of anilines is 1. The molecular weight excluding hydrogens is 216 g/mol. The molecule has 0 saturated carbocycles. The largest absolute Gasteiger partial charge is 0.369 e. The highest BCUT2D eigenvalue weighted by atomic mass is 15.3. The molecule has 0 bridgehead atoms. The second-order valence-electron chi connectivity index (χ2n) is 3.94. The third-order valence-corrected chi connectivity index (χ3v) is 2.71. The zero-order valence-corrected chi connectivity index (χ0v) is 9.62. The zero-order valence-electron chi connectivity index (χ0n) is 9.62. The van der Waals surface area contributed by atoms with Crippen molar-refractivity contribution in [1.82, 2.24) is 24.3 Å². The number of rotatable bonds is 1. The SMILES string of the molecule is Cc1nn(C)cc1-n1c(N)nc2cnccc21. The Bertz CT molecular complexity index is 693. The van der Waals surface area contributed by atoms with E-state index in [1.165, 1.54) is 0 Å². The van der Waals surface area contributed by atoms with Crippen molar-refractivity contribution >= 4 is 17.0 Å². The van der Waals surface area contributed by atoms with Gasteiger partial charge >= 0.3 is 0 Å². The Hall–Kier alpha value is -2.37. The van der Waals surface area contributed by atoms with Gasteiger partial charge in [0.05, 0.1) is 23.1 Å². The van der Waals surface area contributed by atoms with Crippen molar-refractivity contribution in [3.8, 4) is 5.69 Å². The van der Waals surface area contributed by atoms with Gasteiger partial charge in [0.2, 0.25) is 5.95 Å². The molecule has 0 aliphatic carbocycles. The highest BCUT2D eigenvalue weighted by molar-refractivity contribution is 5.79. The van der Waals surface area contributed by atoms with Gasteiger partial charge < -0.3 is 5.73 Å². The first kappa shape index (κ1) is 9.83. The fourth-order valence-electron chi connectivity index (χ4n) is 2.01. The molecule has 17 heavy (non-hydrogen) atoms. The first-order valence-electron chi connectivity index (χ1n) is 5.25. The average Bonchev–Trinajstić information content (AvgIpc) is 2.77. The summed E-state index contributed by atoms with van der Waals surface area (Å²) < 4.78 is 3.65. The van der Waals surface area contributed by atoms with Gasteiger partial charge in [-0.1, -0.05) is 0 Å². The summed E-state index contributed by atoms with van der Waals surface area (Å²) in [7, 11) is 1.88. The van der Waals surface area contributed by atoms with Gasteiger partial charge in [0.25, 0.3) is 0 Å². The van der Waals surface area contributed by atoms with E-state index in [4.69, 9.17) is 5.73 Å². The lowest BCUT2D eigenvalue weighted by Gasteiger charge is -2.03. The number of nitrogens with two attached hydrogens (primary N) is 1. The van der Waals surface area contributed by atoms with Crippen LogP contribution in [0.4, 0.5) is 5.95 Å². The van der Waals surface area contributed by atoms with Crippen LogP contribution in [-0.2, 0) is 7.05 Å². The lowest BCUT2D eigenvalue weighted by atomic mass is 10.3. The molecular formula is C11H12N6. The maximum absolute atomic E-state index is 5.95. The second-order valence-corrected chi connectivity index (χ2v) is 3.94. The van der Waals surface area contributed by atoms with Crippen LogP contribution in [0.15, 0.2) is 24.7 Å². The van der Waals surface area contributed by atoms with E-state index in [2.05, 4.69) is 15.1 Å². The predicted octanol–water partition coefficient (Wildman–Crippen LogP) is 1.04. The van der Waals surface area contributed by atoms with Crippen LogP contribution in [0.2, 0.25) is 0 Å². The molecule has 0 atom stereocenters. The predicted molar refractivity (Wildman–Crippen MR) is 64.8 cm³/mol. The Morgan fingerprint density at radius 2 is 2.18 bits per heavy atom. The molecule has 3 aromatic rings. The lowest BCUT2D eigenvalue weighted by Crippen LogP contribution is -2.00. The van der Waals surface area contributed by atoms with E-state index in [1.807, 2.05) is 30.8 Å². The van der Waals surface area contributed by atoms with Gasteiger partial charge in [0.1, 0.15) is 5.52 Å². The summed E-state index contributed by atoms with van der Waals surface area (Å²) in [6.45, 7) is 1.95. The Balaban J connectivity index is 2.37. The molecule has 0 aliphatic heterocycles. The van der Waals surface area contributed by atoms with E-state index < -0.39 is 0 Å². The van der Waals surface area contributed by atoms with Crippen molar-refractivity contribution < 1.29 is 0 Å². The number of hydrogen-bond donors (Lipinski definition) is 1. The molecule has 0 spiro atoms. The number of nitrogen functional groups attached to an aromatic ring is 1. The zero-order chi connectivity index (χ0) is 12.0. The topological polar surface area (TPSA) is 74.5 Å². The first-order valence-corrected chi connectivity index (χ1v) is 5.25. The molecule has 0 fully saturated rings. The number of nitrogens with zero attached hydrogens (tertiary/aromatic N) is 5. The number of imidazole rings is 1. The summed E-state index contributed by atoms with van der Waals surface area (Å²) in [6.07, 6.45) is 5.35. The molecule has 6 heteroatoms. The molecule has 3 rings (SSSR count). The van der Waals surface area contributed by atoms with Crippen LogP contribution in [0.5, 0.6) is 0 Å². The van der Waals surface area contributed by atoms with Crippen LogP contribution in [0.3, 0.4) is 0 Å². The van der Waals surface area contributed by atoms with Crippen molar-refractivity contribution in [1.29, 1.82) is 0 Å². The van der Waals surface area contributed by atoms with Crippen molar-refractivity contribution in [3.63, 3.8) is 0 Å². The second kappa shape index (κ2) is 3.31. The van der Waals surface area contributed by atoms with Gasteiger partial charge in [0.15, 0.2) is 0 Å². The number of aromatic nitrogens is 5. The van der Waals surface area contributed by atoms with E-state index in [0.717, 1.165) is 22.4 Å². The molecule has 0 aliphatic rings. The summed E-state index contributed by atoms with van der Waals surface area (Å²) in [5, 5.41) is 4.31. The van der Waals surface area contributed by atoms with Gasteiger partial charge in [0, 0.05) is 19.4 Å². The number of pyridine rings is 1. The normalized spacial score (nSPS) is 11.2. The molecule has 3 aromatic heterocycles. The molecule has 6 nitrogen and oxygen atoms in total. The number of aryl methyl sites for hydroxylation is 2. The van der Waals surface area contributed by atoms with Gasteiger partial charge in [-0.3, -0.25) is 14.2 Å². The van der Waals surface area contributed by atoms with Crippen LogP contribution in [0.1, 0.15) is 5.69 Å². The minimum atomic E-state index is 0.448. The maximum Gasteiger partial charge on any atom is 0.206 e. The minimum Gasteiger partial charge on any atom is -0.369 e. The molecule has 0 unspecified atom stereocenters. The molecule has 0 radical (unpaired) electrons. The fraction of sp³-hybridized carbons (Fsp3) is 0.182. The highest BCUT2D eigenvalue weighted by Gasteiger charge is 2.13. The van der Waals surface area contributed by atoms with E-state index >= 15 is 0 Å². The Morgan fingerprint density at radius 3 is 2.88 bits per heavy atom. The van der Waals surface area contributed by atoms with Crippen LogP contribution in [0, 0.1) is 6.92 Å². The van der Waals surface area contributed by atoms with E-state index in [-0.39, 0.29) is 0 Å². The lowest BCUT2D eigenvalue weighted by molar-refractivity contribution is 0.756. The molecule has 3 heterocycles. The summed E-state index contributed by atoms with van der Waals surface area (Å²) in [5.41, 5.74) is 9.53. The Kier molecular flexibility index (Phi) is 1.91. The molecule has 0 aromatic carbocycles. The summed E-state index contributed by atoms with van der Waals surface area (Å²) in [6, 6.07) is 1.89.